The number of carboxylic acid groups (broad SMARTS) is 2. The van der Waals surface area contributed by atoms with Crippen LogP contribution in [-0.4, -0.2) is 52.2 Å². The Morgan fingerprint density at radius 1 is 0.806 bits per heavy atom. The molecular weight excluding hydrogens is 466 g/mol. The van der Waals surface area contributed by atoms with E-state index in [2.05, 4.69) is 5.32 Å². The van der Waals surface area contributed by atoms with Crippen molar-refractivity contribution in [3.63, 3.8) is 0 Å². The Hall–Kier alpha value is -3.76. The Bertz CT molecular complexity index is 1000. The first-order valence-corrected chi connectivity index (χ1v) is 11.7. The van der Waals surface area contributed by atoms with Crippen molar-refractivity contribution in [2.75, 3.05) is 0 Å². The first-order chi connectivity index (χ1) is 17.2. The second-order valence-electron chi connectivity index (χ2n) is 8.60. The Kier molecular flexibility index (Phi) is 11.5. The Labute approximate surface area is 209 Å². The number of carbonyl (C=O) groups excluding carboxylic acids is 2. The van der Waals surface area contributed by atoms with Crippen LogP contribution < -0.4 is 16.8 Å². The summed E-state index contributed by atoms with van der Waals surface area (Å²) in [5, 5.41) is 21.4. The molecule has 2 aromatic carbocycles. The second-order valence-corrected chi connectivity index (χ2v) is 8.60. The lowest BCUT2D eigenvalue weighted by Crippen LogP contribution is -2.49. The molecule has 0 saturated heterocycles. The summed E-state index contributed by atoms with van der Waals surface area (Å²) in [5.41, 5.74) is 13.3. The SMILES string of the molecule is NC(CCC[C@H](N)C(=O)N[C@@H](CC(Cc1ccccc1)C(=O)O)C(=O)O)C(=O)OCc1ccccc1. The molecule has 2 aromatic rings. The third-order valence-corrected chi connectivity index (χ3v) is 5.70. The molecule has 0 aliphatic carbocycles. The van der Waals surface area contributed by atoms with Crippen LogP contribution in [0.5, 0.6) is 0 Å². The number of carbonyl (C=O) groups is 4. The number of hydrogen-bond donors (Lipinski definition) is 5. The lowest BCUT2D eigenvalue weighted by molar-refractivity contribution is -0.147. The largest absolute Gasteiger partial charge is 0.481 e. The predicted molar refractivity (Wildman–Crippen MR) is 131 cm³/mol. The van der Waals surface area contributed by atoms with Crippen molar-refractivity contribution in [3.05, 3.63) is 71.8 Å². The predicted octanol–water partition coefficient (Wildman–Crippen LogP) is 1.46. The Balaban J connectivity index is 1.80. The monoisotopic (exact) mass is 499 g/mol. The van der Waals surface area contributed by atoms with Crippen LogP contribution >= 0.6 is 0 Å². The van der Waals surface area contributed by atoms with E-state index >= 15 is 0 Å². The van der Waals surface area contributed by atoms with Gasteiger partial charge >= 0.3 is 17.9 Å². The first kappa shape index (κ1) is 28.5. The van der Waals surface area contributed by atoms with Crippen LogP contribution in [0.2, 0.25) is 0 Å². The zero-order chi connectivity index (χ0) is 26.5. The fourth-order valence-electron chi connectivity index (χ4n) is 3.60. The maximum absolute atomic E-state index is 12.5. The topological polar surface area (TPSA) is 182 Å². The standard InChI is InChI=1S/C26H33N3O7/c27-20(12-7-13-21(28)26(35)36-16-18-10-5-2-6-11-18)23(30)29-22(25(33)34)15-19(24(31)32)14-17-8-3-1-4-9-17/h1-6,8-11,19-22H,7,12-16,27-28H2,(H,29,30)(H,31,32)(H,33,34)/t19?,20-,21?,22-/m0/s1. The molecule has 0 bridgehead atoms. The molecule has 0 aliphatic rings. The molecule has 4 atom stereocenters. The molecule has 0 aromatic heterocycles. The normalized spacial score (nSPS) is 14.2. The van der Waals surface area contributed by atoms with E-state index in [4.69, 9.17) is 16.2 Å². The van der Waals surface area contributed by atoms with E-state index in [0.29, 0.717) is 6.42 Å². The molecular formula is C26H33N3O7. The quantitative estimate of drug-likeness (QED) is 0.226. The third-order valence-electron chi connectivity index (χ3n) is 5.70. The van der Waals surface area contributed by atoms with Crippen LogP contribution in [0.25, 0.3) is 0 Å². The number of carboxylic acids is 2. The van der Waals surface area contributed by atoms with Gasteiger partial charge in [0, 0.05) is 0 Å². The van der Waals surface area contributed by atoms with Crippen molar-refractivity contribution in [2.24, 2.45) is 17.4 Å². The van der Waals surface area contributed by atoms with Gasteiger partial charge in [0.05, 0.1) is 12.0 Å². The number of rotatable bonds is 15. The third kappa shape index (κ3) is 9.85. The summed E-state index contributed by atoms with van der Waals surface area (Å²) in [6, 6.07) is 14.6. The highest BCUT2D eigenvalue weighted by atomic mass is 16.5. The van der Waals surface area contributed by atoms with Crippen LogP contribution in [0.4, 0.5) is 0 Å². The Morgan fingerprint density at radius 3 is 1.92 bits per heavy atom. The van der Waals surface area contributed by atoms with E-state index in [-0.39, 0.29) is 32.3 Å². The van der Waals surface area contributed by atoms with Crippen molar-refractivity contribution < 1.29 is 34.1 Å². The van der Waals surface area contributed by atoms with Gasteiger partial charge in [0.1, 0.15) is 18.7 Å². The molecule has 10 nitrogen and oxygen atoms in total. The van der Waals surface area contributed by atoms with Gasteiger partial charge in [-0.25, -0.2) is 4.79 Å². The highest BCUT2D eigenvalue weighted by molar-refractivity contribution is 5.87. The van der Waals surface area contributed by atoms with Gasteiger partial charge in [0.2, 0.25) is 5.91 Å². The Morgan fingerprint density at radius 2 is 1.36 bits per heavy atom. The molecule has 10 heteroatoms. The van der Waals surface area contributed by atoms with E-state index in [0.717, 1.165) is 11.1 Å². The molecule has 7 N–H and O–H groups in total. The summed E-state index contributed by atoms with van der Waals surface area (Å²) >= 11 is 0. The molecule has 0 heterocycles. The van der Waals surface area contributed by atoms with Crippen LogP contribution in [0, 0.1) is 5.92 Å². The van der Waals surface area contributed by atoms with Crippen molar-refractivity contribution in [3.8, 4) is 0 Å². The van der Waals surface area contributed by atoms with Crippen molar-refractivity contribution in [1.82, 2.24) is 5.32 Å². The molecule has 0 aliphatic heterocycles. The molecule has 0 spiro atoms. The van der Waals surface area contributed by atoms with Gasteiger partial charge in [0.15, 0.2) is 0 Å². The molecule has 0 radical (unpaired) electrons. The number of esters is 1. The fraction of sp³-hybridized carbons (Fsp3) is 0.385. The minimum Gasteiger partial charge on any atom is -0.481 e. The number of amides is 1. The van der Waals surface area contributed by atoms with E-state index in [1.165, 1.54) is 0 Å². The van der Waals surface area contributed by atoms with E-state index in [1.807, 2.05) is 30.3 Å². The number of aliphatic carboxylic acids is 2. The summed E-state index contributed by atoms with van der Waals surface area (Å²) in [6.45, 7) is 0.105. The van der Waals surface area contributed by atoms with E-state index in [1.54, 1.807) is 30.3 Å². The highest BCUT2D eigenvalue weighted by Crippen LogP contribution is 2.16. The molecule has 0 saturated carbocycles. The average Bonchev–Trinajstić information content (AvgIpc) is 2.87. The van der Waals surface area contributed by atoms with Crippen LogP contribution in [0.3, 0.4) is 0 Å². The van der Waals surface area contributed by atoms with Crippen molar-refractivity contribution in [2.45, 2.75) is 56.8 Å². The lowest BCUT2D eigenvalue weighted by Gasteiger charge is -2.21. The summed E-state index contributed by atoms with van der Waals surface area (Å²) < 4.78 is 5.18. The van der Waals surface area contributed by atoms with Crippen LogP contribution in [0.1, 0.15) is 36.8 Å². The van der Waals surface area contributed by atoms with Gasteiger partial charge in [-0.2, -0.15) is 0 Å². The number of nitrogens with one attached hydrogen (secondary N) is 1. The molecule has 1 amide bonds. The molecule has 0 fully saturated rings. The van der Waals surface area contributed by atoms with Gasteiger partial charge in [-0.15, -0.1) is 0 Å². The minimum atomic E-state index is -1.41. The number of benzene rings is 2. The maximum Gasteiger partial charge on any atom is 0.326 e. The van der Waals surface area contributed by atoms with Crippen molar-refractivity contribution in [1.29, 1.82) is 0 Å². The molecule has 2 unspecified atom stereocenters. The van der Waals surface area contributed by atoms with Gasteiger partial charge < -0.3 is 31.7 Å². The summed E-state index contributed by atoms with van der Waals surface area (Å²) in [7, 11) is 0. The lowest BCUT2D eigenvalue weighted by atomic mass is 9.92. The number of nitrogens with two attached hydrogens (primary N) is 2. The van der Waals surface area contributed by atoms with Gasteiger partial charge in [-0.1, -0.05) is 60.7 Å². The minimum absolute atomic E-state index is 0.105. The van der Waals surface area contributed by atoms with Crippen LogP contribution in [-0.2, 0) is 36.9 Å². The zero-order valence-corrected chi connectivity index (χ0v) is 19.9. The highest BCUT2D eigenvalue weighted by Gasteiger charge is 2.30. The number of hydrogen-bond acceptors (Lipinski definition) is 7. The van der Waals surface area contributed by atoms with Gasteiger partial charge in [-0.3, -0.25) is 14.4 Å². The van der Waals surface area contributed by atoms with E-state index < -0.39 is 47.9 Å². The summed E-state index contributed by atoms with van der Waals surface area (Å²) in [6.07, 6.45) is 0.551. The zero-order valence-electron chi connectivity index (χ0n) is 19.9. The average molecular weight is 500 g/mol. The summed E-state index contributed by atoms with van der Waals surface area (Å²) in [4.78, 5) is 47.9. The van der Waals surface area contributed by atoms with E-state index in [9.17, 15) is 29.4 Å². The molecule has 194 valence electrons. The smallest absolute Gasteiger partial charge is 0.326 e. The first-order valence-electron chi connectivity index (χ1n) is 11.7. The van der Waals surface area contributed by atoms with Gasteiger partial charge in [-0.05, 0) is 43.2 Å². The fourth-order valence-corrected chi connectivity index (χ4v) is 3.60. The summed E-state index contributed by atoms with van der Waals surface area (Å²) in [5.74, 6) is -4.80. The second kappa shape index (κ2) is 14.6. The maximum atomic E-state index is 12.5. The molecule has 36 heavy (non-hydrogen) atoms. The number of ether oxygens (including phenoxy) is 1. The van der Waals surface area contributed by atoms with Crippen LogP contribution in [0.15, 0.2) is 60.7 Å². The molecule has 2 rings (SSSR count). The van der Waals surface area contributed by atoms with Gasteiger partial charge in [0.25, 0.3) is 0 Å². The van der Waals surface area contributed by atoms with Crippen molar-refractivity contribution >= 4 is 23.8 Å².